The van der Waals surface area contributed by atoms with E-state index < -0.39 is 5.69 Å². The topological polar surface area (TPSA) is 90.5 Å². The third-order valence-corrected chi connectivity index (χ3v) is 5.18. The average Bonchev–Trinajstić information content (AvgIpc) is 3.07. The third kappa shape index (κ3) is 4.39. The van der Waals surface area contributed by atoms with Crippen LogP contribution in [0.2, 0.25) is 0 Å². The first-order chi connectivity index (χ1) is 15.3. The van der Waals surface area contributed by atoms with Crippen molar-refractivity contribution in [3.05, 3.63) is 82.0 Å². The summed E-state index contributed by atoms with van der Waals surface area (Å²) in [4.78, 5) is 29.5. The molecule has 1 N–H and O–H groups in total. The Balaban J connectivity index is 1.57. The minimum Gasteiger partial charge on any atom is -0.436 e. The maximum Gasteiger partial charge on any atom is 0.351 e. The van der Waals surface area contributed by atoms with Crippen LogP contribution in [0.4, 0.5) is 5.69 Å². The maximum atomic E-state index is 12.8. The van der Waals surface area contributed by atoms with Gasteiger partial charge in [-0.1, -0.05) is 43.7 Å². The third-order valence-electron chi connectivity index (χ3n) is 5.18. The van der Waals surface area contributed by atoms with Gasteiger partial charge in [-0.2, -0.15) is 0 Å². The summed E-state index contributed by atoms with van der Waals surface area (Å²) in [6, 6.07) is 13.4. The number of nitrogens with one attached hydrogen (secondary N) is 1. The van der Waals surface area contributed by atoms with Gasteiger partial charge in [0.15, 0.2) is 0 Å². The van der Waals surface area contributed by atoms with E-state index in [1.165, 1.54) is 22.4 Å². The zero-order chi connectivity index (χ0) is 22.8. The van der Waals surface area contributed by atoms with Crippen LogP contribution >= 0.6 is 0 Å². The number of fused-ring (bicyclic) bond motifs is 1. The Bertz CT molecular complexity index is 1340. The molecule has 4 rings (SSSR count). The zero-order valence-electron chi connectivity index (χ0n) is 18.5. The van der Waals surface area contributed by atoms with E-state index in [1.54, 1.807) is 0 Å². The fourth-order valence-corrected chi connectivity index (χ4v) is 3.41. The molecule has 32 heavy (non-hydrogen) atoms. The molecule has 4 aromatic rings. The predicted molar refractivity (Wildman–Crippen MR) is 122 cm³/mol. The lowest BCUT2D eigenvalue weighted by Crippen LogP contribution is -2.28. The number of carbonyl (C=O) groups excluding carboxylic acids is 1. The van der Waals surface area contributed by atoms with Crippen LogP contribution in [0.15, 0.2) is 59.7 Å². The van der Waals surface area contributed by atoms with E-state index in [0.29, 0.717) is 17.4 Å². The molecule has 0 atom stereocenters. The van der Waals surface area contributed by atoms with Gasteiger partial charge in [0.1, 0.15) is 12.3 Å². The number of anilines is 1. The fraction of sp³-hybridized carbons (Fsp3) is 0.250. The molecule has 0 fully saturated rings. The summed E-state index contributed by atoms with van der Waals surface area (Å²) in [7, 11) is 0. The van der Waals surface area contributed by atoms with E-state index in [9.17, 15) is 9.59 Å². The number of rotatable bonds is 6. The van der Waals surface area contributed by atoms with Crippen molar-refractivity contribution in [2.75, 3.05) is 5.32 Å². The standard InChI is InChI=1S/C24H25N5O3/c1-15(2)18-6-8-19(9-7-18)32-23-22-27-29(24(31)28(22)12-11-25-23)14-21(30)26-20-10-5-16(3)13-17(20)4/h5-13,15H,14H2,1-4H3,(H,26,30). The number of amides is 1. The number of hydrogen-bond donors (Lipinski definition) is 1. The minimum atomic E-state index is -0.446. The summed E-state index contributed by atoms with van der Waals surface area (Å²) in [5.74, 6) is 0.844. The van der Waals surface area contributed by atoms with E-state index in [2.05, 4.69) is 29.2 Å². The molecule has 0 unspecified atom stereocenters. The average molecular weight is 431 g/mol. The lowest BCUT2D eigenvalue weighted by atomic mass is 10.0. The monoisotopic (exact) mass is 431 g/mol. The summed E-state index contributed by atoms with van der Waals surface area (Å²) >= 11 is 0. The molecular formula is C24H25N5O3. The second kappa shape index (κ2) is 8.66. The molecule has 0 bridgehead atoms. The Morgan fingerprint density at radius 1 is 1.12 bits per heavy atom. The molecule has 0 spiro atoms. The highest BCUT2D eigenvalue weighted by Crippen LogP contribution is 2.24. The van der Waals surface area contributed by atoms with Crippen LogP contribution in [0.3, 0.4) is 0 Å². The molecule has 0 saturated carbocycles. The van der Waals surface area contributed by atoms with Crippen LogP contribution in [0.1, 0.15) is 36.5 Å². The van der Waals surface area contributed by atoms with Crippen molar-refractivity contribution >= 4 is 17.2 Å². The van der Waals surface area contributed by atoms with Gasteiger partial charge in [0.05, 0.1) is 0 Å². The van der Waals surface area contributed by atoms with Gasteiger partial charge in [-0.3, -0.25) is 4.79 Å². The van der Waals surface area contributed by atoms with Crippen LogP contribution in [-0.4, -0.2) is 25.1 Å². The van der Waals surface area contributed by atoms with Gasteiger partial charge >= 0.3 is 5.69 Å². The summed E-state index contributed by atoms with van der Waals surface area (Å²) < 4.78 is 8.29. The first-order valence-corrected chi connectivity index (χ1v) is 10.4. The van der Waals surface area contributed by atoms with E-state index >= 15 is 0 Å². The second-order valence-corrected chi connectivity index (χ2v) is 8.06. The Labute approximate surface area is 185 Å². The van der Waals surface area contributed by atoms with E-state index in [-0.39, 0.29) is 24.0 Å². The van der Waals surface area contributed by atoms with Gasteiger partial charge in [-0.25, -0.2) is 18.9 Å². The van der Waals surface area contributed by atoms with Crippen LogP contribution in [0.25, 0.3) is 5.65 Å². The molecule has 164 valence electrons. The summed E-state index contributed by atoms with van der Waals surface area (Å²) in [5.41, 5.74) is 3.75. The smallest absolute Gasteiger partial charge is 0.351 e. The molecule has 2 aromatic carbocycles. The Morgan fingerprint density at radius 2 is 1.88 bits per heavy atom. The second-order valence-electron chi connectivity index (χ2n) is 8.06. The van der Waals surface area contributed by atoms with Crippen molar-refractivity contribution in [3.63, 3.8) is 0 Å². The number of aryl methyl sites for hydroxylation is 2. The van der Waals surface area contributed by atoms with E-state index in [0.717, 1.165) is 15.8 Å². The maximum absolute atomic E-state index is 12.8. The van der Waals surface area contributed by atoms with Crippen molar-refractivity contribution in [3.8, 4) is 11.6 Å². The number of benzene rings is 2. The van der Waals surface area contributed by atoms with Crippen molar-refractivity contribution in [1.82, 2.24) is 19.2 Å². The van der Waals surface area contributed by atoms with E-state index in [4.69, 9.17) is 4.74 Å². The molecular weight excluding hydrogens is 406 g/mol. The predicted octanol–water partition coefficient (Wildman–Crippen LogP) is 4.06. The van der Waals surface area contributed by atoms with Crippen LogP contribution in [0.5, 0.6) is 11.6 Å². The SMILES string of the molecule is Cc1ccc(NC(=O)Cn2nc3c(Oc4ccc(C(C)C)cc4)nccn3c2=O)c(C)c1. The Hall–Kier alpha value is -3.94. The van der Waals surface area contributed by atoms with Crippen LogP contribution < -0.4 is 15.7 Å². The van der Waals surface area contributed by atoms with Crippen molar-refractivity contribution < 1.29 is 9.53 Å². The highest BCUT2D eigenvalue weighted by Gasteiger charge is 2.16. The van der Waals surface area contributed by atoms with Crippen molar-refractivity contribution in [2.45, 2.75) is 40.2 Å². The lowest BCUT2D eigenvalue weighted by molar-refractivity contribution is -0.117. The lowest BCUT2D eigenvalue weighted by Gasteiger charge is -2.08. The Morgan fingerprint density at radius 3 is 2.56 bits per heavy atom. The summed E-state index contributed by atoms with van der Waals surface area (Å²) in [6.45, 7) is 7.92. The van der Waals surface area contributed by atoms with Gasteiger partial charge in [0.25, 0.3) is 5.88 Å². The molecule has 2 aromatic heterocycles. The largest absolute Gasteiger partial charge is 0.436 e. The minimum absolute atomic E-state index is 0.190. The number of nitrogens with zero attached hydrogens (tertiary/aromatic N) is 4. The highest BCUT2D eigenvalue weighted by molar-refractivity contribution is 5.91. The number of carbonyl (C=O) groups is 1. The Kier molecular flexibility index (Phi) is 5.77. The molecule has 1 amide bonds. The van der Waals surface area contributed by atoms with Gasteiger partial charge in [0.2, 0.25) is 11.6 Å². The van der Waals surface area contributed by atoms with Crippen molar-refractivity contribution in [2.24, 2.45) is 0 Å². The van der Waals surface area contributed by atoms with Gasteiger partial charge in [-0.15, -0.1) is 5.10 Å². The molecule has 0 aliphatic carbocycles. The van der Waals surface area contributed by atoms with Gasteiger partial charge in [0, 0.05) is 18.1 Å². The molecule has 0 radical (unpaired) electrons. The van der Waals surface area contributed by atoms with Crippen LogP contribution in [-0.2, 0) is 11.3 Å². The molecule has 2 heterocycles. The first kappa shape index (κ1) is 21.3. The highest BCUT2D eigenvalue weighted by atomic mass is 16.5. The molecule has 8 nitrogen and oxygen atoms in total. The van der Waals surface area contributed by atoms with E-state index in [1.807, 2.05) is 56.3 Å². The van der Waals surface area contributed by atoms with Crippen LogP contribution in [0, 0.1) is 13.8 Å². The zero-order valence-corrected chi connectivity index (χ0v) is 18.5. The first-order valence-electron chi connectivity index (χ1n) is 10.4. The summed E-state index contributed by atoms with van der Waals surface area (Å²) in [6.07, 6.45) is 2.96. The molecule has 8 heteroatoms. The van der Waals surface area contributed by atoms with Gasteiger partial charge in [-0.05, 0) is 49.1 Å². The molecule has 0 aliphatic rings. The molecule has 0 aliphatic heterocycles. The number of hydrogen-bond acceptors (Lipinski definition) is 5. The molecule has 0 saturated heterocycles. The summed E-state index contributed by atoms with van der Waals surface area (Å²) in [5, 5.41) is 7.12. The van der Waals surface area contributed by atoms with Crippen molar-refractivity contribution in [1.29, 1.82) is 0 Å². The number of ether oxygens (including phenoxy) is 1. The fourth-order valence-electron chi connectivity index (χ4n) is 3.41. The quantitative estimate of drug-likeness (QED) is 0.497. The normalized spacial score (nSPS) is 11.2. The number of aromatic nitrogens is 4. The van der Waals surface area contributed by atoms with Gasteiger partial charge < -0.3 is 10.1 Å².